The molecule has 1 atom stereocenters. The summed E-state index contributed by atoms with van der Waals surface area (Å²) >= 11 is 0. The predicted molar refractivity (Wildman–Crippen MR) is 63.8 cm³/mol. The fraction of sp³-hybridized carbons (Fsp3) is 0.636. The van der Waals surface area contributed by atoms with Gasteiger partial charge in [-0.25, -0.2) is 9.48 Å². The fourth-order valence-corrected chi connectivity index (χ4v) is 1.94. The number of nitrogens with zero attached hydrogens (tertiary/aromatic N) is 3. The quantitative estimate of drug-likeness (QED) is 0.809. The number of amides is 2. The van der Waals surface area contributed by atoms with E-state index in [1.807, 2.05) is 13.8 Å². The first-order valence-electron chi connectivity index (χ1n) is 5.85. The Hall–Kier alpha value is -1.56. The van der Waals surface area contributed by atoms with Crippen LogP contribution in [-0.4, -0.2) is 45.0 Å². The predicted octanol–water partition coefficient (Wildman–Crippen LogP) is 1.06. The zero-order valence-electron chi connectivity index (χ0n) is 10.1. The lowest BCUT2D eigenvalue weighted by molar-refractivity contribution is 0.176. The Morgan fingerprint density at radius 2 is 2.41 bits per heavy atom. The number of hydrogen-bond donors (Lipinski definition) is 2. The molecule has 1 aromatic heterocycles. The molecule has 0 aromatic carbocycles. The second-order valence-corrected chi connectivity index (χ2v) is 4.57. The lowest BCUT2D eigenvalue weighted by atomic mass is 10.3. The first-order valence-corrected chi connectivity index (χ1v) is 5.85. The Balaban J connectivity index is 2.00. The minimum atomic E-state index is -0.393. The van der Waals surface area contributed by atoms with Crippen molar-refractivity contribution in [1.82, 2.24) is 14.7 Å². The molecule has 0 bridgehead atoms. The summed E-state index contributed by atoms with van der Waals surface area (Å²) in [6, 6.07) is 1.79. The molecule has 2 amide bonds. The van der Waals surface area contributed by atoms with Crippen molar-refractivity contribution in [3.8, 4) is 0 Å². The van der Waals surface area contributed by atoms with E-state index < -0.39 is 6.10 Å². The van der Waals surface area contributed by atoms with Gasteiger partial charge in [0.1, 0.15) is 5.82 Å². The van der Waals surface area contributed by atoms with Crippen LogP contribution >= 0.6 is 0 Å². The molecule has 2 heterocycles. The molecule has 0 spiro atoms. The monoisotopic (exact) mass is 238 g/mol. The van der Waals surface area contributed by atoms with Gasteiger partial charge in [-0.2, -0.15) is 5.10 Å². The molecule has 2 rings (SSSR count). The molecule has 6 heteroatoms. The highest BCUT2D eigenvalue weighted by Crippen LogP contribution is 2.15. The Morgan fingerprint density at radius 1 is 1.65 bits per heavy atom. The van der Waals surface area contributed by atoms with Crippen molar-refractivity contribution >= 4 is 11.8 Å². The normalized spacial score (nSPS) is 20.0. The highest BCUT2D eigenvalue weighted by molar-refractivity contribution is 5.88. The highest BCUT2D eigenvalue weighted by atomic mass is 16.3. The number of anilines is 1. The van der Waals surface area contributed by atoms with Gasteiger partial charge < -0.3 is 10.0 Å². The van der Waals surface area contributed by atoms with Crippen LogP contribution in [0.1, 0.15) is 26.3 Å². The Morgan fingerprint density at radius 3 is 3.00 bits per heavy atom. The third-order valence-electron chi connectivity index (χ3n) is 2.85. The smallest absolute Gasteiger partial charge is 0.323 e. The van der Waals surface area contributed by atoms with Gasteiger partial charge in [0, 0.05) is 25.2 Å². The van der Waals surface area contributed by atoms with E-state index in [0.29, 0.717) is 25.3 Å². The molecular formula is C11H18N4O2. The summed E-state index contributed by atoms with van der Waals surface area (Å²) in [7, 11) is 0. The maximum absolute atomic E-state index is 11.9. The molecule has 1 aliphatic rings. The molecule has 0 radical (unpaired) electrons. The van der Waals surface area contributed by atoms with E-state index >= 15 is 0 Å². The minimum Gasteiger partial charge on any atom is -0.391 e. The van der Waals surface area contributed by atoms with Gasteiger partial charge in [0.25, 0.3) is 0 Å². The number of aliphatic hydroxyl groups excluding tert-OH is 1. The lowest BCUT2D eigenvalue weighted by Crippen LogP contribution is -2.34. The molecule has 1 fully saturated rings. The zero-order chi connectivity index (χ0) is 12.4. The molecule has 1 aromatic rings. The van der Waals surface area contributed by atoms with Crippen LogP contribution in [0.5, 0.6) is 0 Å². The van der Waals surface area contributed by atoms with Crippen molar-refractivity contribution in [2.24, 2.45) is 0 Å². The number of carbonyl (C=O) groups is 1. The van der Waals surface area contributed by atoms with Gasteiger partial charge in [0.15, 0.2) is 0 Å². The summed E-state index contributed by atoms with van der Waals surface area (Å²) in [4.78, 5) is 13.5. The fourth-order valence-electron chi connectivity index (χ4n) is 1.94. The molecule has 94 valence electrons. The molecule has 17 heavy (non-hydrogen) atoms. The number of aliphatic hydroxyl groups is 1. The lowest BCUT2D eigenvalue weighted by Gasteiger charge is -2.18. The van der Waals surface area contributed by atoms with Crippen LogP contribution in [0.2, 0.25) is 0 Å². The summed E-state index contributed by atoms with van der Waals surface area (Å²) in [5.41, 5.74) is 0. The van der Waals surface area contributed by atoms with Gasteiger partial charge >= 0.3 is 6.03 Å². The second kappa shape index (κ2) is 4.75. The first kappa shape index (κ1) is 11.9. The third-order valence-corrected chi connectivity index (χ3v) is 2.85. The standard InChI is InChI=1S/C11H18N4O2/c1-8(2)15-10(3-5-12-15)13-11(17)14-6-4-9(16)7-14/h3,5,8-9,16H,4,6-7H2,1-2H3,(H,13,17)/t9-/m0/s1. The number of carbonyl (C=O) groups excluding carboxylic acids is 1. The molecular weight excluding hydrogens is 220 g/mol. The van der Waals surface area contributed by atoms with Crippen LogP contribution in [0, 0.1) is 0 Å². The van der Waals surface area contributed by atoms with Gasteiger partial charge in [-0.15, -0.1) is 0 Å². The summed E-state index contributed by atoms with van der Waals surface area (Å²) < 4.78 is 1.75. The van der Waals surface area contributed by atoms with Crippen LogP contribution in [0.25, 0.3) is 0 Å². The van der Waals surface area contributed by atoms with Crippen molar-refractivity contribution < 1.29 is 9.90 Å². The van der Waals surface area contributed by atoms with Gasteiger partial charge in [0.2, 0.25) is 0 Å². The maximum atomic E-state index is 11.9. The van der Waals surface area contributed by atoms with Crippen LogP contribution < -0.4 is 5.32 Å². The van der Waals surface area contributed by atoms with E-state index in [2.05, 4.69) is 10.4 Å². The summed E-state index contributed by atoms with van der Waals surface area (Å²) in [6.45, 7) is 5.01. The topological polar surface area (TPSA) is 70.4 Å². The summed E-state index contributed by atoms with van der Waals surface area (Å²) in [5.74, 6) is 0.686. The number of urea groups is 1. The van der Waals surface area contributed by atoms with Crippen LogP contribution in [-0.2, 0) is 0 Å². The minimum absolute atomic E-state index is 0.177. The Bertz CT molecular complexity index is 402. The molecule has 1 aliphatic heterocycles. The Kier molecular flexibility index (Phi) is 3.33. The van der Waals surface area contributed by atoms with Gasteiger partial charge in [-0.05, 0) is 20.3 Å². The maximum Gasteiger partial charge on any atom is 0.323 e. The van der Waals surface area contributed by atoms with Crippen molar-refractivity contribution in [1.29, 1.82) is 0 Å². The molecule has 0 saturated carbocycles. The highest BCUT2D eigenvalue weighted by Gasteiger charge is 2.25. The van der Waals surface area contributed by atoms with Crippen molar-refractivity contribution in [3.63, 3.8) is 0 Å². The van der Waals surface area contributed by atoms with Crippen LogP contribution in [0.15, 0.2) is 12.3 Å². The van der Waals surface area contributed by atoms with E-state index in [0.717, 1.165) is 0 Å². The SMILES string of the molecule is CC(C)n1nccc1NC(=O)N1CC[C@H](O)C1. The largest absolute Gasteiger partial charge is 0.391 e. The van der Waals surface area contributed by atoms with Crippen LogP contribution in [0.4, 0.5) is 10.6 Å². The van der Waals surface area contributed by atoms with Crippen LogP contribution in [0.3, 0.4) is 0 Å². The van der Waals surface area contributed by atoms with E-state index in [9.17, 15) is 9.90 Å². The number of β-amino-alcohol motifs (C(OH)–C–C–N with tert-alkyl or cyclic N) is 1. The van der Waals surface area contributed by atoms with E-state index in [-0.39, 0.29) is 12.1 Å². The van der Waals surface area contributed by atoms with E-state index in [1.165, 1.54) is 0 Å². The van der Waals surface area contributed by atoms with Crippen molar-refractivity contribution in [2.75, 3.05) is 18.4 Å². The molecule has 0 unspecified atom stereocenters. The molecule has 6 nitrogen and oxygen atoms in total. The number of hydrogen-bond acceptors (Lipinski definition) is 3. The average molecular weight is 238 g/mol. The number of nitrogens with one attached hydrogen (secondary N) is 1. The van der Waals surface area contributed by atoms with E-state index in [1.54, 1.807) is 21.8 Å². The molecule has 2 N–H and O–H groups in total. The van der Waals surface area contributed by atoms with E-state index in [4.69, 9.17) is 0 Å². The van der Waals surface area contributed by atoms with Crippen molar-refractivity contribution in [3.05, 3.63) is 12.3 Å². The average Bonchev–Trinajstić information content (AvgIpc) is 2.86. The second-order valence-electron chi connectivity index (χ2n) is 4.57. The first-order chi connectivity index (χ1) is 8.08. The van der Waals surface area contributed by atoms with Gasteiger partial charge in [-0.3, -0.25) is 5.32 Å². The number of rotatable bonds is 2. The van der Waals surface area contributed by atoms with Crippen molar-refractivity contribution in [2.45, 2.75) is 32.4 Å². The number of likely N-dealkylation sites (tertiary alicyclic amines) is 1. The van der Waals surface area contributed by atoms with Gasteiger partial charge in [-0.1, -0.05) is 0 Å². The zero-order valence-corrected chi connectivity index (χ0v) is 10.1. The number of aromatic nitrogens is 2. The third kappa shape index (κ3) is 2.58. The summed E-state index contributed by atoms with van der Waals surface area (Å²) in [6.07, 6.45) is 1.92. The molecule has 0 aliphatic carbocycles. The Labute approximate surface area is 100 Å². The summed E-state index contributed by atoms with van der Waals surface area (Å²) in [5, 5.41) is 16.3. The van der Waals surface area contributed by atoms with Gasteiger partial charge in [0.05, 0.1) is 12.3 Å². The molecule has 1 saturated heterocycles.